The van der Waals surface area contributed by atoms with Crippen LogP contribution in [0.15, 0.2) is 24.8 Å². The Morgan fingerprint density at radius 2 is 1.87 bits per heavy atom. The number of ether oxygens (including phenoxy) is 1. The molecule has 1 aromatic rings. The van der Waals surface area contributed by atoms with E-state index < -0.39 is 21.2 Å². The quantitative estimate of drug-likeness (QED) is 0.506. The molecule has 128 valence electrons. The Morgan fingerprint density at radius 3 is 2.52 bits per heavy atom. The summed E-state index contributed by atoms with van der Waals surface area (Å²) in [5.41, 5.74) is 0. The number of benzene rings is 1. The van der Waals surface area contributed by atoms with E-state index in [1.165, 1.54) is 32.1 Å². The Kier molecular flexibility index (Phi) is 7.28. The van der Waals surface area contributed by atoms with E-state index in [0.717, 1.165) is 18.4 Å². The molecule has 0 aromatic heterocycles. The lowest BCUT2D eigenvalue weighted by molar-refractivity contribution is 0.279. The summed E-state index contributed by atoms with van der Waals surface area (Å²) >= 11 is 0. The molecule has 2 rings (SSSR count). The van der Waals surface area contributed by atoms with Gasteiger partial charge >= 0.3 is 0 Å². The van der Waals surface area contributed by atoms with Crippen molar-refractivity contribution in [2.24, 2.45) is 11.8 Å². The molecule has 1 aliphatic rings. The molecule has 0 amide bonds. The smallest absolute Gasteiger partial charge is 0.200 e. The van der Waals surface area contributed by atoms with Gasteiger partial charge in [-0.3, -0.25) is 0 Å². The second kappa shape index (κ2) is 9.21. The molecule has 0 unspecified atom stereocenters. The number of hydrogen-bond acceptors (Lipinski definition) is 1. The molecule has 4 heteroatoms. The van der Waals surface area contributed by atoms with Crippen molar-refractivity contribution in [3.05, 3.63) is 36.4 Å². The normalized spacial score (nSPS) is 21.7. The molecule has 0 bridgehead atoms. The fourth-order valence-corrected chi connectivity index (χ4v) is 5.51. The van der Waals surface area contributed by atoms with Gasteiger partial charge in [0.15, 0.2) is 17.4 Å². The van der Waals surface area contributed by atoms with Gasteiger partial charge in [-0.05, 0) is 42.9 Å². The van der Waals surface area contributed by atoms with E-state index in [1.807, 2.05) is 6.08 Å². The molecule has 0 radical (unpaired) electrons. The molecule has 0 aliphatic heterocycles. The zero-order chi connectivity index (χ0) is 16.7. The van der Waals surface area contributed by atoms with Crippen LogP contribution < -0.4 is 9.92 Å². The minimum Gasteiger partial charge on any atom is -0.491 e. The van der Waals surface area contributed by atoms with Crippen molar-refractivity contribution in [1.29, 1.82) is 0 Å². The van der Waals surface area contributed by atoms with Crippen LogP contribution in [-0.2, 0) is 0 Å². The third-order valence-electron chi connectivity index (χ3n) is 4.99. The zero-order valence-corrected chi connectivity index (χ0v) is 15.5. The number of halogens is 2. The maximum absolute atomic E-state index is 14.1. The summed E-state index contributed by atoms with van der Waals surface area (Å²) in [6.45, 7) is 5.91. The third-order valence-corrected chi connectivity index (χ3v) is 7.18. The molecule has 1 saturated carbocycles. The average Bonchev–Trinajstić information content (AvgIpc) is 2.57. The van der Waals surface area contributed by atoms with E-state index in [1.54, 1.807) is 19.1 Å². The van der Waals surface area contributed by atoms with Gasteiger partial charge in [-0.15, -0.1) is 6.58 Å². The summed E-state index contributed by atoms with van der Waals surface area (Å²) in [6.07, 6.45) is 9.43. The van der Waals surface area contributed by atoms with Gasteiger partial charge in [0.05, 0.1) is 16.1 Å². The Morgan fingerprint density at radius 1 is 1.17 bits per heavy atom. The van der Waals surface area contributed by atoms with Crippen LogP contribution in [0.25, 0.3) is 0 Å². The highest BCUT2D eigenvalue weighted by Crippen LogP contribution is 2.33. The van der Waals surface area contributed by atoms with Crippen molar-refractivity contribution < 1.29 is 13.5 Å². The highest BCUT2D eigenvalue weighted by atomic mass is 28.2. The van der Waals surface area contributed by atoms with E-state index in [-0.39, 0.29) is 5.75 Å². The van der Waals surface area contributed by atoms with E-state index in [2.05, 4.69) is 6.58 Å². The second-order valence-electron chi connectivity index (χ2n) is 6.58. The van der Waals surface area contributed by atoms with Crippen LogP contribution in [0.2, 0.25) is 6.04 Å². The van der Waals surface area contributed by atoms with Crippen LogP contribution in [0.4, 0.5) is 8.78 Å². The first-order valence-corrected chi connectivity index (χ1v) is 10.6. The summed E-state index contributed by atoms with van der Waals surface area (Å²) in [4.78, 5) is 0. The fraction of sp³-hybridized carbons (Fsp3) is 0.579. The predicted molar refractivity (Wildman–Crippen MR) is 95.4 cm³/mol. The van der Waals surface area contributed by atoms with Gasteiger partial charge in [0.25, 0.3) is 0 Å². The molecule has 1 nitrogen and oxygen atoms in total. The second-order valence-corrected chi connectivity index (χ2v) is 8.41. The zero-order valence-electron chi connectivity index (χ0n) is 14.1. The minimum absolute atomic E-state index is 0.0328. The minimum atomic E-state index is -0.815. The molecule has 23 heavy (non-hydrogen) atoms. The largest absolute Gasteiger partial charge is 0.491 e. The van der Waals surface area contributed by atoms with Crippen LogP contribution in [0.1, 0.15) is 45.4 Å². The van der Waals surface area contributed by atoms with Crippen molar-refractivity contribution in [1.82, 2.24) is 0 Å². The summed E-state index contributed by atoms with van der Waals surface area (Å²) < 4.78 is 33.1. The van der Waals surface area contributed by atoms with Crippen LogP contribution in [0.3, 0.4) is 0 Å². The van der Waals surface area contributed by atoms with Gasteiger partial charge in [0.2, 0.25) is 0 Å². The van der Waals surface area contributed by atoms with Crippen molar-refractivity contribution in [3.8, 4) is 5.75 Å². The highest BCUT2D eigenvalue weighted by Gasteiger charge is 2.22. The lowest BCUT2D eigenvalue weighted by Crippen LogP contribution is -2.24. The first-order valence-electron chi connectivity index (χ1n) is 8.86. The lowest BCUT2D eigenvalue weighted by atomic mass is 9.81. The predicted octanol–water partition coefficient (Wildman–Crippen LogP) is 4.35. The third kappa shape index (κ3) is 5.16. The molecule has 1 fully saturated rings. The van der Waals surface area contributed by atoms with Crippen molar-refractivity contribution in [2.45, 2.75) is 51.5 Å². The lowest BCUT2D eigenvalue weighted by Gasteiger charge is -2.28. The summed E-state index contributed by atoms with van der Waals surface area (Å²) in [7, 11) is -0.756. The summed E-state index contributed by atoms with van der Waals surface area (Å²) in [5.74, 6) is 0.0824. The first-order chi connectivity index (χ1) is 11.2. The Balaban J connectivity index is 1.83. The average molecular weight is 339 g/mol. The number of hydrogen-bond donors (Lipinski definition) is 0. The van der Waals surface area contributed by atoms with Crippen LogP contribution in [-0.4, -0.2) is 16.1 Å². The highest BCUT2D eigenvalue weighted by molar-refractivity contribution is 6.53. The van der Waals surface area contributed by atoms with Gasteiger partial charge in [-0.1, -0.05) is 43.9 Å². The molecule has 0 N–H and O–H groups in total. The van der Waals surface area contributed by atoms with E-state index >= 15 is 0 Å². The topological polar surface area (TPSA) is 9.23 Å². The van der Waals surface area contributed by atoms with Crippen molar-refractivity contribution in [2.75, 3.05) is 6.61 Å². The Hall–Kier alpha value is -1.16. The van der Waals surface area contributed by atoms with Gasteiger partial charge in [0, 0.05) is 0 Å². The maximum atomic E-state index is 14.1. The van der Waals surface area contributed by atoms with Crippen LogP contribution >= 0.6 is 0 Å². The number of allylic oxidation sites excluding steroid dienone is 1. The van der Waals surface area contributed by atoms with Gasteiger partial charge in [-0.2, -0.15) is 4.39 Å². The first kappa shape index (κ1) is 18.2. The molecule has 0 heterocycles. The van der Waals surface area contributed by atoms with Gasteiger partial charge in [0.1, 0.15) is 0 Å². The molecular formula is C19H28F2OSi. The van der Waals surface area contributed by atoms with Crippen molar-refractivity contribution >= 4 is 14.7 Å². The number of rotatable bonds is 8. The summed E-state index contributed by atoms with van der Waals surface area (Å²) in [5, 5.41) is 0.611. The molecule has 1 aliphatic carbocycles. The molecule has 1 aromatic carbocycles. The Bertz CT molecular complexity index is 510. The monoisotopic (exact) mass is 338 g/mol. The van der Waals surface area contributed by atoms with E-state index in [0.29, 0.717) is 17.7 Å². The fourth-order valence-electron chi connectivity index (χ4n) is 3.55. The molecule has 0 saturated heterocycles. The SMILES string of the molecule is C=CCCC1CCC(C[SiH2]c2ccc(OCC)c(F)c2F)CC1. The van der Waals surface area contributed by atoms with Crippen molar-refractivity contribution in [3.63, 3.8) is 0 Å². The molecule has 0 spiro atoms. The molecular weight excluding hydrogens is 310 g/mol. The van der Waals surface area contributed by atoms with E-state index in [4.69, 9.17) is 4.74 Å². The maximum Gasteiger partial charge on any atom is 0.200 e. The standard InChI is InChI=1S/C19H28F2OSi/c1-3-5-6-14-7-9-15(10-8-14)13-23-17-12-11-16(22-4-2)18(20)19(17)21/h3,11-12,14-15H,1,4-10,13,23H2,2H3. The molecule has 0 atom stereocenters. The van der Waals surface area contributed by atoms with Gasteiger partial charge in [-0.25, -0.2) is 4.39 Å². The van der Waals surface area contributed by atoms with Crippen LogP contribution in [0.5, 0.6) is 5.75 Å². The van der Waals surface area contributed by atoms with Crippen LogP contribution in [0, 0.1) is 23.5 Å². The summed E-state index contributed by atoms with van der Waals surface area (Å²) in [6, 6.07) is 4.39. The van der Waals surface area contributed by atoms with Gasteiger partial charge < -0.3 is 4.74 Å². The Labute approximate surface area is 140 Å². The van der Waals surface area contributed by atoms with E-state index in [9.17, 15) is 8.78 Å².